The lowest BCUT2D eigenvalue weighted by Crippen LogP contribution is -2.00. The number of hydrogen-bond acceptors (Lipinski definition) is 3. The molecule has 2 radical (unpaired) electrons. The minimum Gasteiger partial charge on any atom is -0.257 e. The molecule has 0 aromatic heterocycles. The van der Waals surface area contributed by atoms with Crippen LogP contribution >= 0.6 is 0 Å². The molecule has 1 aromatic carbocycles. The van der Waals surface area contributed by atoms with E-state index in [0.717, 1.165) is 0 Å². The minimum absolute atomic E-state index is 0.0579. The molecule has 0 bridgehead atoms. The zero-order chi connectivity index (χ0) is 8.32. The Kier molecular flexibility index (Phi) is 2.26. The van der Waals surface area contributed by atoms with Gasteiger partial charge in [0, 0.05) is 0 Å². The first-order valence-electron chi connectivity index (χ1n) is 2.85. The van der Waals surface area contributed by atoms with Crippen molar-refractivity contribution in [3.05, 3.63) is 37.4 Å². The van der Waals surface area contributed by atoms with Gasteiger partial charge in [0.05, 0.1) is 4.90 Å². The van der Waals surface area contributed by atoms with Crippen LogP contribution in [-0.4, -0.2) is 8.42 Å². The zero-order valence-corrected chi connectivity index (χ0v) is 6.41. The molecule has 0 aliphatic rings. The van der Waals surface area contributed by atoms with Crippen molar-refractivity contribution >= 4 is 10.1 Å². The van der Waals surface area contributed by atoms with Crippen LogP contribution in [0.1, 0.15) is 0 Å². The lowest BCUT2D eigenvalue weighted by molar-refractivity contribution is 0.438. The fourth-order valence-corrected chi connectivity index (χ4v) is 1.24. The van der Waals surface area contributed by atoms with Crippen LogP contribution in [0.15, 0.2) is 35.2 Å². The summed E-state index contributed by atoms with van der Waals surface area (Å²) in [6.45, 7) is 0. The fourth-order valence-electron chi connectivity index (χ4n) is 0.643. The van der Waals surface area contributed by atoms with Crippen LogP contribution in [0.4, 0.5) is 0 Å². The summed E-state index contributed by atoms with van der Waals surface area (Å²) < 4.78 is 25.5. The maximum atomic E-state index is 10.9. The summed E-state index contributed by atoms with van der Waals surface area (Å²) in [7, 11) is 0.830. The third kappa shape index (κ3) is 1.78. The topological polar surface area (TPSA) is 43.4 Å². The molecule has 1 rings (SSSR count). The largest absolute Gasteiger partial charge is 0.297 e. The summed E-state index contributed by atoms with van der Waals surface area (Å²) in [5.74, 6) is 0. The zero-order valence-electron chi connectivity index (χ0n) is 5.60. The van der Waals surface area contributed by atoms with Crippen molar-refractivity contribution in [1.29, 1.82) is 0 Å². The van der Waals surface area contributed by atoms with Crippen LogP contribution in [0.25, 0.3) is 0 Å². The van der Waals surface area contributed by atoms with Gasteiger partial charge in [0.2, 0.25) is 0 Å². The molecule has 4 heteroatoms. The Morgan fingerprint density at radius 2 is 1.73 bits per heavy atom. The van der Waals surface area contributed by atoms with Gasteiger partial charge in [-0.1, -0.05) is 18.2 Å². The van der Waals surface area contributed by atoms with E-state index in [1.54, 1.807) is 18.2 Å². The molecular weight excluding hydrogens is 164 g/mol. The molecule has 58 valence electrons. The maximum absolute atomic E-state index is 10.9. The second-order valence-electron chi connectivity index (χ2n) is 1.86. The second kappa shape index (κ2) is 3.02. The number of benzene rings is 1. The Labute approximate surface area is 65.7 Å². The molecule has 0 spiro atoms. The highest BCUT2D eigenvalue weighted by atomic mass is 32.2. The monoisotopic (exact) mass is 170 g/mol. The van der Waals surface area contributed by atoms with Crippen molar-refractivity contribution in [2.45, 2.75) is 4.90 Å². The normalized spacial score (nSPS) is 11.4. The van der Waals surface area contributed by atoms with E-state index in [0.29, 0.717) is 0 Å². The van der Waals surface area contributed by atoms with Crippen LogP contribution in [0.5, 0.6) is 0 Å². The SMILES string of the molecule is [CH]OS(=O)(=O)c1ccccc1. The van der Waals surface area contributed by atoms with Crippen molar-refractivity contribution < 1.29 is 12.6 Å². The first kappa shape index (κ1) is 8.23. The van der Waals surface area contributed by atoms with Crippen molar-refractivity contribution in [3.8, 4) is 0 Å². The smallest absolute Gasteiger partial charge is 0.257 e. The summed E-state index contributed by atoms with van der Waals surface area (Å²) in [6.07, 6.45) is 0. The number of hydrogen-bond donors (Lipinski definition) is 0. The predicted molar refractivity (Wildman–Crippen MR) is 39.0 cm³/mol. The average molecular weight is 170 g/mol. The lowest BCUT2D eigenvalue weighted by atomic mass is 10.4. The lowest BCUT2D eigenvalue weighted by Gasteiger charge is -1.97. The van der Waals surface area contributed by atoms with Crippen LogP contribution in [0.3, 0.4) is 0 Å². The van der Waals surface area contributed by atoms with Crippen LogP contribution in [0.2, 0.25) is 0 Å². The first-order chi connectivity index (χ1) is 5.17. The molecule has 0 aliphatic carbocycles. The first-order valence-corrected chi connectivity index (χ1v) is 4.26. The van der Waals surface area contributed by atoms with E-state index in [-0.39, 0.29) is 4.90 Å². The second-order valence-corrected chi connectivity index (χ2v) is 3.44. The van der Waals surface area contributed by atoms with E-state index in [1.807, 2.05) is 0 Å². The van der Waals surface area contributed by atoms with E-state index >= 15 is 0 Å². The van der Waals surface area contributed by atoms with Gasteiger partial charge in [-0.05, 0) is 12.1 Å². The van der Waals surface area contributed by atoms with Crippen LogP contribution in [0, 0.1) is 7.11 Å². The molecule has 0 aliphatic heterocycles. The Balaban J connectivity index is 3.14. The highest BCUT2D eigenvalue weighted by molar-refractivity contribution is 7.86. The summed E-state index contributed by atoms with van der Waals surface area (Å²) in [4.78, 5) is 0.0579. The molecule has 0 amide bonds. The van der Waals surface area contributed by atoms with E-state index in [2.05, 4.69) is 11.3 Å². The highest BCUT2D eigenvalue weighted by Gasteiger charge is 2.10. The van der Waals surface area contributed by atoms with E-state index < -0.39 is 10.1 Å². The van der Waals surface area contributed by atoms with Gasteiger partial charge < -0.3 is 0 Å². The van der Waals surface area contributed by atoms with Gasteiger partial charge in [0.25, 0.3) is 10.1 Å². The summed E-state index contributed by atoms with van der Waals surface area (Å²) in [5.41, 5.74) is 0. The van der Waals surface area contributed by atoms with Gasteiger partial charge in [-0.25, -0.2) is 0 Å². The van der Waals surface area contributed by atoms with Gasteiger partial charge >= 0.3 is 0 Å². The standard InChI is InChI=1S/C7H6O3S/c1-10-11(8,9)7-5-3-2-4-6-7/h1-6H. The van der Waals surface area contributed by atoms with Crippen molar-refractivity contribution in [2.24, 2.45) is 0 Å². The summed E-state index contributed by atoms with van der Waals surface area (Å²) in [6, 6.07) is 7.69. The maximum Gasteiger partial charge on any atom is 0.297 e. The van der Waals surface area contributed by atoms with Gasteiger partial charge in [-0.2, -0.15) is 8.42 Å². The van der Waals surface area contributed by atoms with Gasteiger partial charge in [-0.3, -0.25) is 4.18 Å². The minimum atomic E-state index is -3.72. The molecule has 3 nitrogen and oxygen atoms in total. The van der Waals surface area contributed by atoms with Crippen LogP contribution < -0.4 is 0 Å². The predicted octanol–water partition coefficient (Wildman–Crippen LogP) is 1.06. The molecule has 0 fully saturated rings. The number of rotatable bonds is 2. The Hall–Kier alpha value is -0.870. The third-order valence-corrected chi connectivity index (χ3v) is 2.26. The Morgan fingerprint density at radius 1 is 1.18 bits per heavy atom. The Morgan fingerprint density at radius 3 is 2.18 bits per heavy atom. The van der Waals surface area contributed by atoms with Gasteiger partial charge in [0.15, 0.2) is 0 Å². The third-order valence-electron chi connectivity index (χ3n) is 1.16. The van der Waals surface area contributed by atoms with Crippen molar-refractivity contribution in [3.63, 3.8) is 0 Å². The molecule has 0 heterocycles. The quantitative estimate of drug-likeness (QED) is 0.623. The molecule has 0 saturated heterocycles. The molecule has 0 atom stereocenters. The average Bonchev–Trinajstić information content (AvgIpc) is 2.06. The van der Waals surface area contributed by atoms with E-state index in [9.17, 15) is 8.42 Å². The molecule has 11 heavy (non-hydrogen) atoms. The Bertz CT molecular complexity index is 315. The molecule has 0 unspecified atom stereocenters. The molecule has 1 aromatic rings. The molecule has 0 N–H and O–H groups in total. The van der Waals surface area contributed by atoms with Crippen LogP contribution in [-0.2, 0) is 14.3 Å². The van der Waals surface area contributed by atoms with Gasteiger partial charge in [-0.15, -0.1) is 0 Å². The van der Waals surface area contributed by atoms with Gasteiger partial charge in [0.1, 0.15) is 7.11 Å². The summed E-state index contributed by atoms with van der Waals surface area (Å²) in [5, 5.41) is 0. The molecule has 0 saturated carbocycles. The molecular formula is C7H6O3S. The fraction of sp³-hybridized carbons (Fsp3) is 0. The summed E-state index contributed by atoms with van der Waals surface area (Å²) >= 11 is 0. The highest BCUT2D eigenvalue weighted by Crippen LogP contribution is 2.09. The van der Waals surface area contributed by atoms with Crippen molar-refractivity contribution in [1.82, 2.24) is 0 Å². The van der Waals surface area contributed by atoms with E-state index in [4.69, 9.17) is 0 Å². The van der Waals surface area contributed by atoms with Crippen molar-refractivity contribution in [2.75, 3.05) is 0 Å². The van der Waals surface area contributed by atoms with E-state index in [1.165, 1.54) is 12.1 Å².